The van der Waals surface area contributed by atoms with Crippen molar-refractivity contribution in [3.05, 3.63) is 23.9 Å². The van der Waals surface area contributed by atoms with Gasteiger partial charge in [0.25, 0.3) is 0 Å². The molecule has 1 amide bonds. The van der Waals surface area contributed by atoms with Crippen LogP contribution >= 0.6 is 0 Å². The van der Waals surface area contributed by atoms with Gasteiger partial charge in [-0.05, 0) is 49.3 Å². The van der Waals surface area contributed by atoms with Crippen molar-refractivity contribution >= 4 is 11.7 Å². The predicted molar refractivity (Wildman–Crippen MR) is 83.8 cm³/mol. The molecule has 1 saturated carbocycles. The van der Waals surface area contributed by atoms with E-state index < -0.39 is 0 Å². The molecule has 2 N–H and O–H groups in total. The summed E-state index contributed by atoms with van der Waals surface area (Å²) in [4.78, 5) is 16.4. The van der Waals surface area contributed by atoms with E-state index in [1.165, 1.54) is 32.1 Å². The van der Waals surface area contributed by atoms with Gasteiger partial charge in [-0.25, -0.2) is 4.98 Å². The lowest BCUT2D eigenvalue weighted by molar-refractivity contribution is -0.121. The summed E-state index contributed by atoms with van der Waals surface area (Å²) in [6, 6.07) is 3.47. The number of carbonyl (C=O) groups is 1. The van der Waals surface area contributed by atoms with Crippen molar-refractivity contribution in [1.29, 1.82) is 0 Å². The molecule has 0 spiro atoms. The highest BCUT2D eigenvalue weighted by molar-refractivity contribution is 5.91. The third-order valence-corrected chi connectivity index (χ3v) is 4.44. The van der Waals surface area contributed by atoms with Crippen LogP contribution in [0.1, 0.15) is 57.4 Å². The second-order valence-electron chi connectivity index (χ2n) is 6.06. The van der Waals surface area contributed by atoms with Crippen molar-refractivity contribution in [3.63, 3.8) is 0 Å². The molecule has 2 rings (SSSR count). The number of hydrogen-bond donors (Lipinski definition) is 2. The third-order valence-electron chi connectivity index (χ3n) is 4.44. The standard InChI is InChI=1S/C17H26N2O2/c1-2-3-4-13-5-7-15(8-6-13)17(21)19-16-11-14(12-20)9-10-18-16/h9-11,13,15,20H,2-8,12H2,1H3,(H,18,19,21). The molecule has 0 bridgehead atoms. The van der Waals surface area contributed by atoms with Gasteiger partial charge in [0.1, 0.15) is 5.82 Å². The monoisotopic (exact) mass is 290 g/mol. The number of aromatic nitrogens is 1. The Balaban J connectivity index is 1.81. The van der Waals surface area contributed by atoms with E-state index in [-0.39, 0.29) is 18.4 Å². The van der Waals surface area contributed by atoms with Gasteiger partial charge in [0, 0.05) is 12.1 Å². The van der Waals surface area contributed by atoms with E-state index in [1.54, 1.807) is 18.3 Å². The average molecular weight is 290 g/mol. The van der Waals surface area contributed by atoms with E-state index in [2.05, 4.69) is 17.2 Å². The van der Waals surface area contributed by atoms with Gasteiger partial charge < -0.3 is 10.4 Å². The Morgan fingerprint density at radius 2 is 2.14 bits per heavy atom. The van der Waals surface area contributed by atoms with Crippen molar-refractivity contribution in [2.75, 3.05) is 5.32 Å². The van der Waals surface area contributed by atoms with Crippen LogP contribution in [0.3, 0.4) is 0 Å². The van der Waals surface area contributed by atoms with E-state index in [4.69, 9.17) is 5.11 Å². The smallest absolute Gasteiger partial charge is 0.228 e. The minimum absolute atomic E-state index is 0.0338. The highest BCUT2D eigenvalue weighted by Gasteiger charge is 2.26. The Hall–Kier alpha value is -1.42. The van der Waals surface area contributed by atoms with Crippen molar-refractivity contribution in [2.45, 2.75) is 58.5 Å². The number of aliphatic hydroxyl groups is 1. The fraction of sp³-hybridized carbons (Fsp3) is 0.647. The molecule has 0 aromatic carbocycles. The maximum atomic E-state index is 12.3. The minimum atomic E-state index is -0.0338. The van der Waals surface area contributed by atoms with Crippen LogP contribution in [0.5, 0.6) is 0 Å². The molecule has 4 nitrogen and oxygen atoms in total. The molecule has 1 heterocycles. The average Bonchev–Trinajstić information content (AvgIpc) is 2.53. The van der Waals surface area contributed by atoms with Crippen LogP contribution in [-0.4, -0.2) is 16.0 Å². The zero-order valence-corrected chi connectivity index (χ0v) is 12.8. The summed E-state index contributed by atoms with van der Waals surface area (Å²) < 4.78 is 0. The number of anilines is 1. The van der Waals surface area contributed by atoms with Gasteiger partial charge >= 0.3 is 0 Å². The van der Waals surface area contributed by atoms with Crippen LogP contribution in [0.15, 0.2) is 18.3 Å². The molecule has 1 aromatic heterocycles. The molecule has 0 unspecified atom stereocenters. The Kier molecular flexibility index (Phi) is 6.18. The number of aliphatic hydroxyl groups excluding tert-OH is 1. The first-order valence-corrected chi connectivity index (χ1v) is 8.09. The molecule has 0 saturated heterocycles. The van der Waals surface area contributed by atoms with Crippen LogP contribution in [0.2, 0.25) is 0 Å². The number of hydrogen-bond acceptors (Lipinski definition) is 3. The number of nitrogens with one attached hydrogen (secondary N) is 1. The van der Waals surface area contributed by atoms with Gasteiger partial charge in [-0.15, -0.1) is 0 Å². The molecule has 116 valence electrons. The van der Waals surface area contributed by atoms with Gasteiger partial charge in [0.2, 0.25) is 5.91 Å². The molecule has 21 heavy (non-hydrogen) atoms. The first-order chi connectivity index (χ1) is 10.2. The van der Waals surface area contributed by atoms with Crippen LogP contribution in [0.25, 0.3) is 0 Å². The maximum absolute atomic E-state index is 12.3. The lowest BCUT2D eigenvalue weighted by Gasteiger charge is -2.27. The Labute approximate surface area is 127 Å². The van der Waals surface area contributed by atoms with Crippen LogP contribution < -0.4 is 5.32 Å². The Bertz CT molecular complexity index is 454. The second-order valence-corrected chi connectivity index (χ2v) is 6.06. The fourth-order valence-corrected chi connectivity index (χ4v) is 3.08. The molecular weight excluding hydrogens is 264 g/mol. The zero-order chi connectivity index (χ0) is 15.1. The van der Waals surface area contributed by atoms with Crippen molar-refractivity contribution in [3.8, 4) is 0 Å². The van der Waals surface area contributed by atoms with Gasteiger partial charge in [0.05, 0.1) is 6.61 Å². The van der Waals surface area contributed by atoms with Gasteiger partial charge in [-0.2, -0.15) is 0 Å². The molecule has 1 aliphatic carbocycles. The molecule has 0 aliphatic heterocycles. The largest absolute Gasteiger partial charge is 0.392 e. The van der Waals surface area contributed by atoms with Crippen molar-refractivity contribution in [1.82, 2.24) is 4.98 Å². The molecule has 0 radical (unpaired) electrons. The summed E-state index contributed by atoms with van der Waals surface area (Å²) in [6.07, 6.45) is 9.80. The summed E-state index contributed by atoms with van der Waals surface area (Å²) >= 11 is 0. The number of pyridine rings is 1. The van der Waals surface area contributed by atoms with E-state index in [9.17, 15) is 4.79 Å². The molecule has 4 heteroatoms. The number of unbranched alkanes of at least 4 members (excludes halogenated alkanes) is 1. The van der Waals surface area contributed by atoms with E-state index in [0.29, 0.717) is 5.82 Å². The summed E-state index contributed by atoms with van der Waals surface area (Å²) in [5.74, 6) is 1.54. The number of rotatable bonds is 6. The number of nitrogens with zero attached hydrogens (tertiary/aromatic N) is 1. The van der Waals surface area contributed by atoms with Gasteiger partial charge in [-0.3, -0.25) is 4.79 Å². The maximum Gasteiger partial charge on any atom is 0.228 e. The fourth-order valence-electron chi connectivity index (χ4n) is 3.08. The van der Waals surface area contributed by atoms with Crippen molar-refractivity contribution < 1.29 is 9.90 Å². The van der Waals surface area contributed by atoms with Crippen LogP contribution in [0, 0.1) is 11.8 Å². The van der Waals surface area contributed by atoms with Gasteiger partial charge in [-0.1, -0.05) is 26.2 Å². The van der Waals surface area contributed by atoms with Gasteiger partial charge in [0.15, 0.2) is 0 Å². The first kappa shape index (κ1) is 16.0. The highest BCUT2D eigenvalue weighted by atomic mass is 16.3. The summed E-state index contributed by atoms with van der Waals surface area (Å²) in [6.45, 7) is 2.19. The molecule has 1 aromatic rings. The quantitative estimate of drug-likeness (QED) is 0.842. The third kappa shape index (κ3) is 4.81. The zero-order valence-electron chi connectivity index (χ0n) is 12.8. The van der Waals surface area contributed by atoms with Crippen LogP contribution in [0.4, 0.5) is 5.82 Å². The number of carbonyl (C=O) groups excluding carboxylic acids is 1. The van der Waals surface area contributed by atoms with E-state index in [1.807, 2.05) is 0 Å². The van der Waals surface area contributed by atoms with Crippen LogP contribution in [-0.2, 0) is 11.4 Å². The Morgan fingerprint density at radius 1 is 1.38 bits per heavy atom. The molecule has 1 fully saturated rings. The summed E-state index contributed by atoms with van der Waals surface area (Å²) in [5.41, 5.74) is 0.767. The van der Waals surface area contributed by atoms with E-state index in [0.717, 1.165) is 24.3 Å². The molecule has 1 aliphatic rings. The topological polar surface area (TPSA) is 62.2 Å². The predicted octanol–water partition coefficient (Wildman–Crippen LogP) is 3.51. The highest BCUT2D eigenvalue weighted by Crippen LogP contribution is 2.32. The van der Waals surface area contributed by atoms with Crippen molar-refractivity contribution in [2.24, 2.45) is 11.8 Å². The second kappa shape index (κ2) is 8.13. The molecule has 0 atom stereocenters. The lowest BCUT2D eigenvalue weighted by Crippen LogP contribution is -2.27. The SMILES string of the molecule is CCCCC1CCC(C(=O)Nc2cc(CO)ccn2)CC1. The lowest BCUT2D eigenvalue weighted by atomic mass is 9.79. The molecular formula is C17H26N2O2. The first-order valence-electron chi connectivity index (χ1n) is 8.09. The number of amides is 1. The summed E-state index contributed by atoms with van der Waals surface area (Å²) in [7, 11) is 0. The Morgan fingerprint density at radius 3 is 2.81 bits per heavy atom. The van der Waals surface area contributed by atoms with E-state index >= 15 is 0 Å². The minimum Gasteiger partial charge on any atom is -0.392 e. The summed E-state index contributed by atoms with van der Waals surface area (Å²) in [5, 5.41) is 12.0. The normalized spacial score (nSPS) is 22.0.